The number of nitrogens with one attached hydrogen (secondary N) is 3. The molecule has 592 valence electrons. The molecule has 0 radical (unpaired) electrons. The van der Waals surface area contributed by atoms with E-state index in [1.165, 1.54) is 48.8 Å². The van der Waals surface area contributed by atoms with Crippen LogP contribution in [0.2, 0.25) is 0 Å². The highest BCUT2D eigenvalue weighted by Gasteiger charge is 2.47. The molecule has 10 fully saturated rings. The van der Waals surface area contributed by atoms with Gasteiger partial charge in [-0.15, -0.1) is 15.3 Å². The Morgan fingerprint density at radius 1 is 0.405 bits per heavy atom. The fraction of sp³-hybridized carbons (Fsp3) is 0.372. The third-order valence-corrected chi connectivity index (χ3v) is 23.8. The van der Waals surface area contributed by atoms with Crippen LogP contribution in [0.25, 0.3) is 83.0 Å². The average molecular weight is 1560 g/mol. The summed E-state index contributed by atoms with van der Waals surface area (Å²) in [6.07, 6.45) is 30.2. The minimum atomic E-state index is 0.432. The predicted molar refractivity (Wildman–Crippen MR) is 441 cm³/mol. The molecule has 10 aliphatic rings. The van der Waals surface area contributed by atoms with Gasteiger partial charge < -0.3 is 43.1 Å². The summed E-state index contributed by atoms with van der Waals surface area (Å²) in [4.78, 5) is 42.8. The largest absolute Gasteiger partial charge is 0.492 e. The van der Waals surface area contributed by atoms with E-state index in [0.29, 0.717) is 78.9 Å². The van der Waals surface area contributed by atoms with E-state index in [0.717, 1.165) is 190 Å². The number of methoxy groups -OCH3 is 3. The quantitative estimate of drug-likeness (QED) is 0.0506. The molecule has 6 atom stereocenters. The van der Waals surface area contributed by atoms with E-state index >= 15 is 0 Å². The van der Waals surface area contributed by atoms with Crippen LogP contribution in [0, 0.1) is 11.8 Å². The van der Waals surface area contributed by atoms with Crippen LogP contribution in [0.4, 0.5) is 17.5 Å². The Hall–Kier alpha value is -12.5. The zero-order valence-corrected chi connectivity index (χ0v) is 65.8. The summed E-state index contributed by atoms with van der Waals surface area (Å²) in [6, 6.07) is 34.5. The number of aromatic nitrogens is 18. The van der Waals surface area contributed by atoms with Crippen molar-refractivity contribution in [2.75, 3.05) is 95.1 Å². The maximum Gasteiger partial charge on any atom is 0.212 e. The van der Waals surface area contributed by atoms with Crippen molar-refractivity contribution < 1.29 is 28.4 Å². The molecule has 24 heterocycles. The molecule has 9 saturated heterocycles. The molecule has 30 heteroatoms. The first-order chi connectivity index (χ1) is 57.0. The molecule has 15 aromatic heterocycles. The fourth-order valence-electron chi connectivity index (χ4n) is 17.6. The van der Waals surface area contributed by atoms with Crippen LogP contribution >= 0.6 is 0 Å². The smallest absolute Gasteiger partial charge is 0.212 e. The molecule has 0 amide bonds. The van der Waals surface area contributed by atoms with Gasteiger partial charge in [0.25, 0.3) is 0 Å². The number of hydrogen-bond donors (Lipinski definition) is 3. The molecule has 0 spiro atoms. The number of fused-ring (bicyclic) bond motifs is 15. The van der Waals surface area contributed by atoms with Crippen molar-refractivity contribution in [1.29, 1.82) is 0 Å². The van der Waals surface area contributed by atoms with Gasteiger partial charge in [0.15, 0.2) is 16.9 Å². The van der Waals surface area contributed by atoms with Gasteiger partial charge in [0, 0.05) is 184 Å². The molecule has 9 aliphatic heterocycles. The summed E-state index contributed by atoms with van der Waals surface area (Å²) in [5.41, 5.74) is 15.1. The second-order valence-electron chi connectivity index (χ2n) is 32.1. The summed E-state index contributed by atoms with van der Waals surface area (Å²) >= 11 is 0. The van der Waals surface area contributed by atoms with Gasteiger partial charge in [-0.2, -0.15) is 15.3 Å². The van der Waals surface area contributed by atoms with Crippen LogP contribution in [-0.4, -0.2) is 221 Å². The Morgan fingerprint density at radius 3 is 1.06 bits per heavy atom. The van der Waals surface area contributed by atoms with Crippen LogP contribution in [0.3, 0.4) is 0 Å². The second kappa shape index (κ2) is 30.7. The Balaban J connectivity index is 0.000000112. The highest BCUT2D eigenvalue weighted by Crippen LogP contribution is 2.43. The van der Waals surface area contributed by atoms with Crippen LogP contribution in [0.15, 0.2) is 165 Å². The number of ether oxygens (including phenoxy) is 6. The molecule has 3 N–H and O–H groups in total. The van der Waals surface area contributed by atoms with Crippen molar-refractivity contribution in [2.45, 2.75) is 115 Å². The minimum absolute atomic E-state index is 0.432. The topological polar surface area (TPSA) is 290 Å². The number of pyridine rings is 9. The first-order valence-corrected chi connectivity index (χ1v) is 40.3. The number of piperazine rings is 3. The van der Waals surface area contributed by atoms with Crippen molar-refractivity contribution in [2.24, 2.45) is 11.8 Å². The number of piperidine rings is 3. The molecule has 1 saturated carbocycles. The van der Waals surface area contributed by atoms with Crippen molar-refractivity contribution >= 4 is 67.1 Å². The van der Waals surface area contributed by atoms with E-state index in [9.17, 15) is 0 Å². The molecular weight excluding hydrogens is 1470 g/mol. The molecule has 0 aromatic carbocycles. The van der Waals surface area contributed by atoms with Gasteiger partial charge in [-0.3, -0.25) is 30.0 Å². The molecular formula is C86H92N24O6. The summed E-state index contributed by atoms with van der Waals surface area (Å²) in [5, 5.41) is 38.5. The Bertz CT molecular complexity index is 5710. The number of H-pyrrole nitrogens is 3. The second-order valence-corrected chi connectivity index (χ2v) is 32.1. The molecule has 6 bridgehead atoms. The summed E-state index contributed by atoms with van der Waals surface area (Å²) in [5.74, 6) is 8.55. The number of nitrogens with zero attached hydrogens (tertiary/aromatic N) is 21. The third kappa shape index (κ3) is 14.2. The van der Waals surface area contributed by atoms with Crippen molar-refractivity contribution in [3.8, 4) is 68.3 Å². The molecule has 6 unspecified atom stereocenters. The van der Waals surface area contributed by atoms with Crippen LogP contribution in [-0.2, 0) is 19.6 Å². The van der Waals surface area contributed by atoms with Crippen molar-refractivity contribution in [3.63, 3.8) is 0 Å². The maximum absolute atomic E-state index is 6.14. The molecule has 116 heavy (non-hydrogen) atoms. The molecule has 30 nitrogen and oxygen atoms in total. The Labute approximate surface area is 668 Å². The number of anilines is 3. The average Bonchev–Trinajstić information content (AvgIpc) is 1.46. The maximum atomic E-state index is 6.14. The minimum Gasteiger partial charge on any atom is -0.492 e. The Morgan fingerprint density at radius 2 is 0.759 bits per heavy atom. The van der Waals surface area contributed by atoms with Crippen LogP contribution in [0.5, 0.6) is 34.9 Å². The Kier molecular flexibility index (Phi) is 19.1. The van der Waals surface area contributed by atoms with E-state index < -0.39 is 0 Å². The van der Waals surface area contributed by atoms with E-state index in [2.05, 4.69) is 184 Å². The number of aromatic amines is 3. The summed E-state index contributed by atoms with van der Waals surface area (Å²) in [6.45, 7) is 17.1. The monoisotopic (exact) mass is 1560 g/mol. The lowest BCUT2D eigenvalue weighted by atomic mass is 9.87. The van der Waals surface area contributed by atoms with Gasteiger partial charge in [-0.05, 0) is 122 Å². The zero-order valence-electron chi connectivity index (χ0n) is 65.8. The standard InChI is InChI=1S/C29H30N8O2.C29H32N8O2.C28H30N8O2/c1-38-27-7-4-19(10-31-27)13-36-21-8-22(36)15-35(14-21)26-6-5-20(11-30-26)24-9-23(39-17-18-2-3-18)16-37-28(24)25-12-32-33-29(25)34-37;1-18(2)17-39-23-9-24(28-25-12-32-33-29(25)34-37(28)16-23)20-5-6-26(30-11-20)35-14-21-8-22(15-35)36(21)13-19-4-7-27(38-3)31-10-19;1-3-8-38-22-10-23(27-24-13-31-32-28(24)33-36(27)17-22)19-5-6-25(29-12-19)34-15-20-9-21(16-34)35(20)14-18-4-7-26(37-2)30-11-18/h4-7,9-12,16,18,21-22H,2-3,8,13-15,17H2,1H3,(H,33,34);4-7,9-12,16,18,21-22H,8,13-15,17H2,1-3H3,(H,33,34);4-7,10-13,17,20-21H,3,8-9,14-16H2,1-2H3,(H,32,33). The van der Waals surface area contributed by atoms with Gasteiger partial charge in [-0.1, -0.05) is 39.0 Å². The highest BCUT2D eigenvalue weighted by atomic mass is 16.5. The highest BCUT2D eigenvalue weighted by molar-refractivity contribution is 6.03. The summed E-state index contributed by atoms with van der Waals surface area (Å²) in [7, 11) is 4.94. The van der Waals surface area contributed by atoms with Gasteiger partial charge >= 0.3 is 0 Å². The van der Waals surface area contributed by atoms with Crippen molar-refractivity contribution in [3.05, 3.63) is 182 Å². The number of rotatable bonds is 24. The SMILES string of the molecule is CCCOc1cc(-c2ccc(N3CC4CC(C3)N4Cc3ccc(OC)nc3)nc2)c2c3cn[nH]c3nn2c1.COc1ccc(CN2C3CC2CN(c2ccc(-c4cc(OCC(C)C)cn5nc6[nH]ncc6c45)cn2)C3)cn1.COc1ccc(CN2C3CC2CN(c2ccc(-c4cc(OCC5CC5)cn5nc6[nH]ncc6c45)cn2)C3)cn1. The third-order valence-electron chi connectivity index (χ3n) is 23.8. The molecule has 15 aromatic rings. The van der Waals surface area contributed by atoms with E-state index in [-0.39, 0.29) is 0 Å². The molecule has 25 rings (SSSR count). The lowest BCUT2D eigenvalue weighted by Gasteiger charge is -2.56. The van der Waals surface area contributed by atoms with Gasteiger partial charge in [0.2, 0.25) is 17.6 Å². The first-order valence-electron chi connectivity index (χ1n) is 40.3. The normalized spacial score (nSPS) is 19.7. The summed E-state index contributed by atoms with van der Waals surface area (Å²) < 4.78 is 39.4. The number of hydrogen-bond acceptors (Lipinski definition) is 24. The molecule has 1 aliphatic carbocycles. The van der Waals surface area contributed by atoms with Crippen molar-refractivity contribution in [1.82, 2.24) is 104 Å². The lowest BCUT2D eigenvalue weighted by Crippen LogP contribution is -2.68. The van der Waals surface area contributed by atoms with E-state index in [1.54, 1.807) is 21.3 Å². The lowest BCUT2D eigenvalue weighted by molar-refractivity contribution is -0.00879. The zero-order chi connectivity index (χ0) is 78.1. The van der Waals surface area contributed by atoms with E-state index in [4.69, 9.17) is 43.4 Å². The predicted octanol–water partition coefficient (Wildman–Crippen LogP) is 12.0. The van der Waals surface area contributed by atoms with Crippen LogP contribution in [0.1, 0.15) is 76.0 Å². The van der Waals surface area contributed by atoms with Gasteiger partial charge in [0.1, 0.15) is 34.7 Å². The van der Waals surface area contributed by atoms with Gasteiger partial charge in [0.05, 0.1) is 111 Å². The fourth-order valence-corrected chi connectivity index (χ4v) is 17.6. The van der Waals surface area contributed by atoms with Crippen LogP contribution < -0.4 is 43.1 Å². The first kappa shape index (κ1) is 72.4. The van der Waals surface area contributed by atoms with Gasteiger partial charge in [-0.25, -0.2) is 43.5 Å². The van der Waals surface area contributed by atoms with E-state index in [1.807, 2.05) is 106 Å².